The highest BCUT2D eigenvalue weighted by Gasteiger charge is 2.23. The van der Waals surface area contributed by atoms with E-state index in [0.717, 1.165) is 0 Å². The van der Waals surface area contributed by atoms with E-state index >= 15 is 0 Å². The molecular weight excluding hydrogens is 238 g/mol. The molecule has 1 amide bonds. The second kappa shape index (κ2) is 5.13. The van der Waals surface area contributed by atoms with Crippen molar-refractivity contribution in [2.45, 2.75) is 25.3 Å². The third-order valence-electron chi connectivity index (χ3n) is 2.77. The minimum Gasteiger partial charge on any atom is -0.370 e. The van der Waals surface area contributed by atoms with Crippen LogP contribution in [0.1, 0.15) is 31.2 Å². The highest BCUT2D eigenvalue weighted by molar-refractivity contribution is 5.80. The van der Waals surface area contributed by atoms with Crippen LogP contribution in [0.15, 0.2) is 4.52 Å². The number of rotatable bonds is 4. The monoisotopic (exact) mass is 253 g/mol. The summed E-state index contributed by atoms with van der Waals surface area (Å²) >= 11 is 0. The topological polar surface area (TPSA) is 128 Å². The molecule has 0 spiro atoms. The molecule has 0 bridgehead atoms. The molecule has 4 N–H and O–H groups in total. The summed E-state index contributed by atoms with van der Waals surface area (Å²) < 4.78 is 4.99. The Kier molecular flexibility index (Phi) is 3.56. The number of hydrogen-bond acceptors (Lipinski definition) is 7. The van der Waals surface area contributed by atoms with Crippen molar-refractivity contribution in [3.05, 3.63) is 5.89 Å². The van der Waals surface area contributed by atoms with Crippen molar-refractivity contribution in [3.8, 4) is 0 Å². The van der Waals surface area contributed by atoms with Gasteiger partial charge in [0, 0.05) is 25.9 Å². The fourth-order valence-electron chi connectivity index (χ4n) is 1.77. The van der Waals surface area contributed by atoms with Gasteiger partial charge in [-0.15, -0.1) is 0 Å². The molecule has 0 saturated carbocycles. The lowest BCUT2D eigenvalue weighted by Gasteiger charge is -2.23. The lowest BCUT2D eigenvalue weighted by atomic mass is 10.1. The number of anilines is 1. The molecule has 0 unspecified atom stereocenters. The third-order valence-corrected chi connectivity index (χ3v) is 2.77. The maximum absolute atomic E-state index is 11.1. The normalized spacial score (nSPS) is 17.8. The van der Waals surface area contributed by atoms with E-state index in [0.29, 0.717) is 31.9 Å². The first kappa shape index (κ1) is 12.5. The average molecular weight is 253 g/mol. The lowest BCUT2D eigenvalue weighted by Crippen LogP contribution is -2.34. The largest absolute Gasteiger partial charge is 0.370 e. The molecule has 1 fully saturated rings. The minimum atomic E-state index is -0.685. The van der Waals surface area contributed by atoms with Crippen LogP contribution in [0.5, 0.6) is 0 Å². The highest BCUT2D eigenvalue weighted by Crippen LogP contribution is 2.18. The molecule has 2 rings (SSSR count). The number of aromatic nitrogens is 2. The molecular formula is C10H15N5O3. The number of carbonyl (C=O) groups is 2. The summed E-state index contributed by atoms with van der Waals surface area (Å²) in [6.07, 6.45) is 0.925. The van der Waals surface area contributed by atoms with E-state index in [1.807, 2.05) is 4.90 Å². The zero-order valence-corrected chi connectivity index (χ0v) is 9.83. The van der Waals surface area contributed by atoms with Gasteiger partial charge in [-0.3, -0.25) is 9.59 Å². The SMILES string of the molecule is NC(=O)C[C@@H](N)c1nc(N2CCC(=O)CC2)no1. The Morgan fingerprint density at radius 3 is 2.72 bits per heavy atom. The van der Waals surface area contributed by atoms with Crippen molar-refractivity contribution in [2.75, 3.05) is 18.0 Å². The van der Waals surface area contributed by atoms with Crippen LogP contribution in [0.4, 0.5) is 5.95 Å². The smallest absolute Gasteiger partial charge is 0.266 e. The predicted octanol–water partition coefficient (Wildman–Crippen LogP) is -0.886. The van der Waals surface area contributed by atoms with Crippen LogP contribution in [0.25, 0.3) is 0 Å². The first-order chi connectivity index (χ1) is 8.56. The number of Topliss-reactive ketones (excluding diaryl/α,β-unsaturated/α-hetero) is 1. The maximum atomic E-state index is 11.1. The Morgan fingerprint density at radius 2 is 2.11 bits per heavy atom. The molecule has 0 radical (unpaired) electrons. The van der Waals surface area contributed by atoms with Crippen molar-refractivity contribution in [1.29, 1.82) is 0 Å². The van der Waals surface area contributed by atoms with Crippen LogP contribution in [0, 0.1) is 0 Å². The number of ketones is 1. The van der Waals surface area contributed by atoms with Crippen LogP contribution in [-0.4, -0.2) is 34.9 Å². The molecule has 8 heteroatoms. The summed E-state index contributed by atoms with van der Waals surface area (Å²) in [6, 6.07) is -0.685. The maximum Gasteiger partial charge on any atom is 0.266 e. The molecule has 1 atom stereocenters. The minimum absolute atomic E-state index is 0.0415. The van der Waals surface area contributed by atoms with Gasteiger partial charge >= 0.3 is 0 Å². The molecule has 0 aromatic carbocycles. The molecule has 18 heavy (non-hydrogen) atoms. The first-order valence-corrected chi connectivity index (χ1v) is 5.70. The summed E-state index contributed by atoms with van der Waals surface area (Å²) in [5, 5.41) is 3.79. The fraction of sp³-hybridized carbons (Fsp3) is 0.600. The summed E-state index contributed by atoms with van der Waals surface area (Å²) in [5.41, 5.74) is 10.7. The van der Waals surface area contributed by atoms with E-state index in [2.05, 4.69) is 10.1 Å². The lowest BCUT2D eigenvalue weighted by molar-refractivity contribution is -0.119. The number of piperidine rings is 1. The van der Waals surface area contributed by atoms with Crippen LogP contribution >= 0.6 is 0 Å². The van der Waals surface area contributed by atoms with Gasteiger partial charge in [0.1, 0.15) is 5.78 Å². The van der Waals surface area contributed by atoms with Crippen molar-refractivity contribution in [3.63, 3.8) is 0 Å². The third kappa shape index (κ3) is 2.83. The van der Waals surface area contributed by atoms with Gasteiger partial charge in [0.05, 0.1) is 12.5 Å². The zero-order chi connectivity index (χ0) is 13.1. The number of hydrogen-bond donors (Lipinski definition) is 2. The molecule has 1 saturated heterocycles. The summed E-state index contributed by atoms with van der Waals surface area (Å²) in [4.78, 5) is 27.8. The van der Waals surface area contributed by atoms with Crippen LogP contribution < -0.4 is 16.4 Å². The summed E-state index contributed by atoms with van der Waals surface area (Å²) in [5.74, 6) is 0.296. The van der Waals surface area contributed by atoms with Crippen LogP contribution in [-0.2, 0) is 9.59 Å². The van der Waals surface area contributed by atoms with E-state index < -0.39 is 11.9 Å². The Bertz CT molecular complexity index is 448. The summed E-state index contributed by atoms with van der Waals surface area (Å²) in [6.45, 7) is 1.14. The van der Waals surface area contributed by atoms with E-state index in [1.165, 1.54) is 0 Å². The van der Waals surface area contributed by atoms with Crippen molar-refractivity contribution < 1.29 is 14.1 Å². The molecule has 1 aromatic rings. The Morgan fingerprint density at radius 1 is 1.44 bits per heavy atom. The number of carbonyl (C=O) groups excluding carboxylic acids is 2. The molecule has 1 aromatic heterocycles. The first-order valence-electron chi connectivity index (χ1n) is 5.70. The Balaban J connectivity index is 2.01. The van der Waals surface area contributed by atoms with Gasteiger partial charge in [-0.2, -0.15) is 4.98 Å². The molecule has 0 aliphatic carbocycles. The second-order valence-corrected chi connectivity index (χ2v) is 4.24. The van der Waals surface area contributed by atoms with E-state index in [1.54, 1.807) is 0 Å². The Labute approximate surface area is 103 Å². The average Bonchev–Trinajstić information content (AvgIpc) is 2.78. The van der Waals surface area contributed by atoms with Gasteiger partial charge in [-0.1, -0.05) is 0 Å². The van der Waals surface area contributed by atoms with Gasteiger partial charge < -0.3 is 20.9 Å². The van der Waals surface area contributed by atoms with Gasteiger partial charge in [0.2, 0.25) is 11.8 Å². The predicted molar refractivity (Wildman–Crippen MR) is 61.5 cm³/mol. The van der Waals surface area contributed by atoms with Gasteiger partial charge in [-0.05, 0) is 5.16 Å². The number of nitrogens with two attached hydrogens (primary N) is 2. The van der Waals surface area contributed by atoms with Crippen LogP contribution in [0.3, 0.4) is 0 Å². The van der Waals surface area contributed by atoms with Gasteiger partial charge in [0.15, 0.2) is 0 Å². The molecule has 98 valence electrons. The van der Waals surface area contributed by atoms with Crippen molar-refractivity contribution in [2.24, 2.45) is 11.5 Å². The zero-order valence-electron chi connectivity index (χ0n) is 9.83. The molecule has 1 aliphatic rings. The second-order valence-electron chi connectivity index (χ2n) is 4.24. The van der Waals surface area contributed by atoms with Crippen LogP contribution in [0.2, 0.25) is 0 Å². The van der Waals surface area contributed by atoms with E-state index in [-0.39, 0.29) is 18.1 Å². The number of nitrogens with zero attached hydrogens (tertiary/aromatic N) is 3. The van der Waals surface area contributed by atoms with Gasteiger partial charge in [0.25, 0.3) is 5.95 Å². The number of primary amides is 1. The summed E-state index contributed by atoms with van der Waals surface area (Å²) in [7, 11) is 0. The standard InChI is InChI=1S/C10H15N5O3/c11-7(5-8(12)17)9-13-10(14-18-9)15-3-1-6(16)2-4-15/h7H,1-5,11H2,(H2,12,17)/t7-/m1/s1. The Hall–Kier alpha value is -1.96. The van der Waals surface area contributed by atoms with Gasteiger partial charge in [-0.25, -0.2) is 0 Å². The highest BCUT2D eigenvalue weighted by atomic mass is 16.5. The fourth-order valence-corrected chi connectivity index (χ4v) is 1.77. The molecule has 2 heterocycles. The quantitative estimate of drug-likeness (QED) is 0.712. The van der Waals surface area contributed by atoms with E-state index in [4.69, 9.17) is 16.0 Å². The van der Waals surface area contributed by atoms with Crippen molar-refractivity contribution in [1.82, 2.24) is 10.1 Å². The van der Waals surface area contributed by atoms with Crippen molar-refractivity contribution >= 4 is 17.6 Å². The molecule has 1 aliphatic heterocycles. The van der Waals surface area contributed by atoms with E-state index in [9.17, 15) is 9.59 Å². The number of amides is 1. The molecule has 8 nitrogen and oxygen atoms in total.